The van der Waals surface area contributed by atoms with Gasteiger partial charge >= 0.3 is 5.97 Å². The minimum absolute atomic E-state index is 0.307. The van der Waals surface area contributed by atoms with Crippen molar-refractivity contribution in [2.24, 2.45) is 0 Å². The summed E-state index contributed by atoms with van der Waals surface area (Å²) in [5.74, 6) is 0.129. The zero-order chi connectivity index (χ0) is 13.7. The van der Waals surface area contributed by atoms with Crippen molar-refractivity contribution in [3.8, 4) is 11.5 Å². The molecule has 0 bridgehead atoms. The number of hydrogen-bond acceptors (Lipinski definition) is 5. The van der Waals surface area contributed by atoms with Gasteiger partial charge in [0.05, 0.1) is 26.9 Å². The molecule has 1 aromatic carbocycles. The van der Waals surface area contributed by atoms with E-state index in [0.29, 0.717) is 17.1 Å². The van der Waals surface area contributed by atoms with Gasteiger partial charge in [0, 0.05) is 5.56 Å². The molecule has 1 aromatic rings. The van der Waals surface area contributed by atoms with Crippen LogP contribution >= 0.6 is 0 Å². The largest absolute Gasteiger partial charge is 0.496 e. The summed E-state index contributed by atoms with van der Waals surface area (Å²) in [5.41, 5.74) is 1.07. The lowest BCUT2D eigenvalue weighted by Gasteiger charge is -2.13. The highest BCUT2D eigenvalue weighted by molar-refractivity contribution is 6.07. The molecule has 5 nitrogen and oxygen atoms in total. The summed E-state index contributed by atoms with van der Waals surface area (Å²) in [6, 6.07) is 3.25. The van der Waals surface area contributed by atoms with Crippen LogP contribution in [0.1, 0.15) is 22.3 Å². The van der Waals surface area contributed by atoms with Crippen molar-refractivity contribution in [2.75, 3.05) is 21.3 Å². The van der Waals surface area contributed by atoms with E-state index in [1.54, 1.807) is 19.1 Å². The minimum atomic E-state index is -0.574. The van der Waals surface area contributed by atoms with Crippen LogP contribution in [-0.4, -0.2) is 33.1 Å². The molecule has 0 spiro atoms. The van der Waals surface area contributed by atoms with Crippen LogP contribution in [-0.2, 0) is 9.53 Å². The smallest absolute Gasteiger partial charge is 0.313 e. The molecular weight excluding hydrogens is 236 g/mol. The fourth-order valence-corrected chi connectivity index (χ4v) is 1.68. The van der Waals surface area contributed by atoms with Crippen LogP contribution in [0.4, 0.5) is 0 Å². The summed E-state index contributed by atoms with van der Waals surface area (Å²) in [6.07, 6.45) is -0.307. The molecular formula is C13H16O5. The fraction of sp³-hybridized carbons (Fsp3) is 0.385. The van der Waals surface area contributed by atoms with E-state index in [-0.39, 0.29) is 12.2 Å². The number of hydrogen-bond donors (Lipinski definition) is 0. The first kappa shape index (κ1) is 14.0. The van der Waals surface area contributed by atoms with Crippen molar-refractivity contribution in [1.82, 2.24) is 0 Å². The lowest BCUT2D eigenvalue weighted by molar-refractivity contribution is -0.139. The van der Waals surface area contributed by atoms with Crippen LogP contribution in [0.2, 0.25) is 0 Å². The number of Topliss-reactive ketones (excluding diaryl/α,β-unsaturated/α-hetero) is 1. The standard InChI is InChI=1S/C13H16O5/c1-8-11(16-2)6-5-9(13(8)18-4)10(14)7-12(15)17-3/h5-6H,7H2,1-4H3. The maximum absolute atomic E-state index is 11.9. The van der Waals surface area contributed by atoms with Gasteiger partial charge in [-0.1, -0.05) is 0 Å². The predicted octanol–water partition coefficient (Wildman–Crippen LogP) is 1.76. The number of esters is 1. The topological polar surface area (TPSA) is 61.8 Å². The van der Waals surface area contributed by atoms with Gasteiger partial charge in [0.1, 0.15) is 17.9 Å². The van der Waals surface area contributed by atoms with Gasteiger partial charge in [-0.2, -0.15) is 0 Å². The van der Waals surface area contributed by atoms with E-state index in [1.807, 2.05) is 0 Å². The van der Waals surface area contributed by atoms with Crippen molar-refractivity contribution in [3.05, 3.63) is 23.3 Å². The highest BCUT2D eigenvalue weighted by Crippen LogP contribution is 2.31. The molecule has 0 aliphatic heterocycles. The van der Waals surface area contributed by atoms with E-state index in [0.717, 1.165) is 5.56 Å². The van der Waals surface area contributed by atoms with Gasteiger partial charge in [0.25, 0.3) is 0 Å². The number of rotatable bonds is 5. The number of carbonyl (C=O) groups excluding carboxylic acids is 2. The van der Waals surface area contributed by atoms with Gasteiger partial charge < -0.3 is 14.2 Å². The average Bonchev–Trinajstić information content (AvgIpc) is 2.37. The van der Waals surface area contributed by atoms with E-state index in [1.165, 1.54) is 21.3 Å². The molecule has 0 saturated heterocycles. The van der Waals surface area contributed by atoms with Gasteiger partial charge in [-0.25, -0.2) is 0 Å². The molecule has 0 N–H and O–H groups in total. The SMILES string of the molecule is COC(=O)CC(=O)c1ccc(OC)c(C)c1OC. The lowest BCUT2D eigenvalue weighted by atomic mass is 10.0. The number of benzene rings is 1. The molecule has 1 rings (SSSR count). The van der Waals surface area contributed by atoms with E-state index in [4.69, 9.17) is 9.47 Å². The Labute approximate surface area is 106 Å². The van der Waals surface area contributed by atoms with E-state index < -0.39 is 5.97 Å². The lowest BCUT2D eigenvalue weighted by Crippen LogP contribution is -2.11. The van der Waals surface area contributed by atoms with Crippen molar-refractivity contribution in [1.29, 1.82) is 0 Å². The maximum Gasteiger partial charge on any atom is 0.313 e. The van der Waals surface area contributed by atoms with Crippen molar-refractivity contribution < 1.29 is 23.8 Å². The van der Waals surface area contributed by atoms with Crippen LogP contribution in [0, 0.1) is 6.92 Å². The molecule has 18 heavy (non-hydrogen) atoms. The van der Waals surface area contributed by atoms with Gasteiger partial charge in [0.15, 0.2) is 5.78 Å². The normalized spacial score (nSPS) is 9.78. The molecule has 0 aliphatic rings. The second-order valence-electron chi connectivity index (χ2n) is 3.65. The number of carbonyl (C=O) groups is 2. The van der Waals surface area contributed by atoms with Crippen LogP contribution in [0.5, 0.6) is 11.5 Å². The Balaban J connectivity index is 3.13. The molecule has 0 heterocycles. The van der Waals surface area contributed by atoms with Crippen LogP contribution in [0.15, 0.2) is 12.1 Å². The molecule has 0 saturated carbocycles. The second-order valence-corrected chi connectivity index (χ2v) is 3.65. The second kappa shape index (κ2) is 6.05. The van der Waals surface area contributed by atoms with Crippen molar-refractivity contribution >= 4 is 11.8 Å². The molecule has 0 radical (unpaired) electrons. The molecule has 0 aliphatic carbocycles. The highest BCUT2D eigenvalue weighted by Gasteiger charge is 2.19. The number of methoxy groups -OCH3 is 3. The molecule has 0 amide bonds. The van der Waals surface area contributed by atoms with E-state index in [9.17, 15) is 9.59 Å². The van der Waals surface area contributed by atoms with E-state index in [2.05, 4.69) is 4.74 Å². The van der Waals surface area contributed by atoms with Crippen LogP contribution in [0.25, 0.3) is 0 Å². The summed E-state index contributed by atoms with van der Waals surface area (Å²) >= 11 is 0. The zero-order valence-corrected chi connectivity index (χ0v) is 10.9. The third-order valence-corrected chi connectivity index (χ3v) is 2.61. The Morgan fingerprint density at radius 1 is 1.11 bits per heavy atom. The van der Waals surface area contributed by atoms with Gasteiger partial charge in [-0.05, 0) is 19.1 Å². The summed E-state index contributed by atoms with van der Waals surface area (Å²) in [5, 5.41) is 0. The monoisotopic (exact) mass is 252 g/mol. The molecule has 0 aromatic heterocycles. The van der Waals surface area contributed by atoms with Crippen molar-refractivity contribution in [2.45, 2.75) is 13.3 Å². The molecule has 0 fully saturated rings. The third kappa shape index (κ3) is 2.80. The van der Waals surface area contributed by atoms with Crippen molar-refractivity contribution in [3.63, 3.8) is 0 Å². The number of ether oxygens (including phenoxy) is 3. The van der Waals surface area contributed by atoms with Gasteiger partial charge in [-0.3, -0.25) is 9.59 Å². The summed E-state index contributed by atoms with van der Waals surface area (Å²) in [4.78, 5) is 23.0. The summed E-state index contributed by atoms with van der Waals surface area (Å²) in [7, 11) is 4.25. The van der Waals surface area contributed by atoms with Gasteiger partial charge in [-0.15, -0.1) is 0 Å². The maximum atomic E-state index is 11.9. The fourth-order valence-electron chi connectivity index (χ4n) is 1.68. The first-order valence-electron chi connectivity index (χ1n) is 5.36. The Bertz CT molecular complexity index is 465. The molecule has 0 unspecified atom stereocenters. The quantitative estimate of drug-likeness (QED) is 0.454. The Hall–Kier alpha value is -2.04. The Kier molecular flexibility index (Phi) is 4.71. The Morgan fingerprint density at radius 2 is 1.78 bits per heavy atom. The predicted molar refractivity (Wildman–Crippen MR) is 65.2 cm³/mol. The summed E-state index contributed by atoms with van der Waals surface area (Å²) < 4.78 is 14.8. The highest BCUT2D eigenvalue weighted by atomic mass is 16.5. The zero-order valence-electron chi connectivity index (χ0n) is 10.9. The number of ketones is 1. The average molecular weight is 252 g/mol. The van der Waals surface area contributed by atoms with E-state index >= 15 is 0 Å². The first-order chi connectivity index (χ1) is 8.54. The molecule has 0 atom stereocenters. The Morgan fingerprint density at radius 3 is 2.28 bits per heavy atom. The molecule has 98 valence electrons. The summed E-state index contributed by atoms with van der Waals surface area (Å²) in [6.45, 7) is 1.78. The first-order valence-corrected chi connectivity index (χ1v) is 5.36. The van der Waals surface area contributed by atoms with Gasteiger partial charge in [0.2, 0.25) is 0 Å². The van der Waals surface area contributed by atoms with Crippen LogP contribution < -0.4 is 9.47 Å². The van der Waals surface area contributed by atoms with Crippen LogP contribution in [0.3, 0.4) is 0 Å². The molecule has 5 heteroatoms. The minimum Gasteiger partial charge on any atom is -0.496 e. The third-order valence-electron chi connectivity index (χ3n) is 2.61.